The van der Waals surface area contributed by atoms with Gasteiger partial charge in [0.25, 0.3) is 0 Å². The number of hydrogen-bond donors (Lipinski definition) is 1. The van der Waals surface area contributed by atoms with E-state index in [4.69, 9.17) is 0 Å². The summed E-state index contributed by atoms with van der Waals surface area (Å²) in [4.78, 5) is 28.3. The molecule has 5 nitrogen and oxygen atoms in total. The van der Waals surface area contributed by atoms with Gasteiger partial charge in [-0.25, -0.2) is 4.79 Å². The molecule has 23 heavy (non-hydrogen) atoms. The Morgan fingerprint density at radius 1 is 1.26 bits per heavy atom. The Balaban J connectivity index is 1.45. The van der Waals surface area contributed by atoms with Crippen molar-refractivity contribution in [2.45, 2.75) is 32.1 Å². The first kappa shape index (κ1) is 16.3. The van der Waals surface area contributed by atoms with Crippen molar-refractivity contribution in [3.8, 4) is 0 Å². The molecular formula is C17H25N3O2S. The summed E-state index contributed by atoms with van der Waals surface area (Å²) in [6.07, 6.45) is 2.95. The van der Waals surface area contributed by atoms with Crippen LogP contribution in [0.3, 0.4) is 0 Å². The van der Waals surface area contributed by atoms with Crippen LogP contribution >= 0.6 is 11.3 Å². The van der Waals surface area contributed by atoms with Gasteiger partial charge in [-0.3, -0.25) is 4.79 Å². The lowest BCUT2D eigenvalue weighted by molar-refractivity contribution is -0.132. The van der Waals surface area contributed by atoms with Crippen molar-refractivity contribution >= 4 is 23.3 Å². The van der Waals surface area contributed by atoms with Crippen LogP contribution in [0.5, 0.6) is 0 Å². The minimum atomic E-state index is -0.00667. The highest BCUT2D eigenvalue weighted by Crippen LogP contribution is 2.31. The first-order valence-corrected chi connectivity index (χ1v) is 9.43. The van der Waals surface area contributed by atoms with Crippen molar-refractivity contribution in [3.63, 3.8) is 0 Å². The van der Waals surface area contributed by atoms with Crippen LogP contribution in [0.15, 0.2) is 16.8 Å². The van der Waals surface area contributed by atoms with Gasteiger partial charge in [-0.2, -0.15) is 11.3 Å². The lowest BCUT2D eigenvalue weighted by Gasteiger charge is -2.23. The molecule has 1 aliphatic heterocycles. The second kappa shape index (κ2) is 7.34. The van der Waals surface area contributed by atoms with Crippen molar-refractivity contribution in [2.75, 3.05) is 32.7 Å². The van der Waals surface area contributed by atoms with Crippen molar-refractivity contribution in [1.29, 1.82) is 0 Å². The van der Waals surface area contributed by atoms with E-state index in [1.807, 2.05) is 9.80 Å². The zero-order valence-electron chi connectivity index (χ0n) is 13.7. The molecule has 1 aliphatic carbocycles. The van der Waals surface area contributed by atoms with Gasteiger partial charge in [-0.05, 0) is 47.6 Å². The zero-order chi connectivity index (χ0) is 16.2. The third-order valence-electron chi connectivity index (χ3n) is 4.69. The van der Waals surface area contributed by atoms with Gasteiger partial charge in [0.05, 0.1) is 0 Å². The van der Waals surface area contributed by atoms with Crippen molar-refractivity contribution < 1.29 is 9.59 Å². The molecule has 1 atom stereocenters. The maximum absolute atomic E-state index is 12.4. The van der Waals surface area contributed by atoms with E-state index in [9.17, 15) is 9.59 Å². The number of urea groups is 1. The summed E-state index contributed by atoms with van der Waals surface area (Å²) in [7, 11) is 0. The number of carbonyl (C=O) groups is 2. The topological polar surface area (TPSA) is 52.7 Å². The Kier molecular flexibility index (Phi) is 5.20. The quantitative estimate of drug-likeness (QED) is 0.919. The molecule has 0 radical (unpaired) electrons. The number of hydrogen-bond acceptors (Lipinski definition) is 3. The maximum Gasteiger partial charge on any atom is 0.317 e. The molecule has 1 saturated carbocycles. The molecule has 0 aromatic carbocycles. The summed E-state index contributed by atoms with van der Waals surface area (Å²) in [6, 6.07) is 2.10. The van der Waals surface area contributed by atoms with E-state index in [0.29, 0.717) is 31.5 Å². The number of nitrogens with one attached hydrogen (secondary N) is 1. The largest absolute Gasteiger partial charge is 0.341 e. The van der Waals surface area contributed by atoms with Crippen LogP contribution in [0.2, 0.25) is 0 Å². The van der Waals surface area contributed by atoms with Gasteiger partial charge in [0, 0.05) is 38.6 Å². The monoisotopic (exact) mass is 335 g/mol. The van der Waals surface area contributed by atoms with Crippen molar-refractivity contribution in [3.05, 3.63) is 22.4 Å². The van der Waals surface area contributed by atoms with E-state index in [0.717, 1.165) is 32.4 Å². The van der Waals surface area contributed by atoms with Crippen LogP contribution in [-0.4, -0.2) is 54.5 Å². The zero-order valence-corrected chi connectivity index (χ0v) is 14.5. The summed E-state index contributed by atoms with van der Waals surface area (Å²) in [6.45, 7) is 5.59. The molecule has 6 heteroatoms. The molecule has 0 unspecified atom stereocenters. The number of nitrogens with zero attached hydrogens (tertiary/aromatic N) is 2. The Labute approximate surface area is 141 Å². The standard InChI is InChI=1S/C17H25N3O2S/c1-13(15-5-10-23-12-15)11-18-17(22)20-7-2-6-19(8-9-20)16(21)14-3-4-14/h5,10,12-14H,2-4,6-9,11H2,1H3,(H,18,22)/t13-/m1/s1. The minimum Gasteiger partial charge on any atom is -0.341 e. The highest BCUT2D eigenvalue weighted by atomic mass is 32.1. The Morgan fingerprint density at radius 3 is 2.70 bits per heavy atom. The van der Waals surface area contributed by atoms with Crippen LogP contribution in [0.4, 0.5) is 4.79 Å². The maximum atomic E-state index is 12.4. The van der Waals surface area contributed by atoms with Gasteiger partial charge in [0.1, 0.15) is 0 Å². The molecule has 126 valence electrons. The third-order valence-corrected chi connectivity index (χ3v) is 5.39. The average molecular weight is 335 g/mol. The summed E-state index contributed by atoms with van der Waals surface area (Å²) in [5, 5.41) is 7.23. The second-order valence-electron chi connectivity index (χ2n) is 6.58. The minimum absolute atomic E-state index is 0.00667. The SMILES string of the molecule is C[C@H](CNC(=O)N1CCCN(C(=O)C2CC2)CC1)c1ccsc1. The van der Waals surface area contributed by atoms with Gasteiger partial charge < -0.3 is 15.1 Å². The molecular weight excluding hydrogens is 310 g/mol. The molecule has 3 rings (SSSR count). The van der Waals surface area contributed by atoms with Crippen LogP contribution in [0.1, 0.15) is 37.7 Å². The van der Waals surface area contributed by atoms with Crippen LogP contribution in [-0.2, 0) is 4.79 Å². The fourth-order valence-electron chi connectivity index (χ4n) is 2.95. The fourth-order valence-corrected chi connectivity index (χ4v) is 3.74. The van der Waals surface area contributed by atoms with E-state index in [1.165, 1.54) is 5.56 Å². The summed E-state index contributed by atoms with van der Waals surface area (Å²) < 4.78 is 0. The first-order valence-electron chi connectivity index (χ1n) is 8.49. The Bertz CT molecular complexity index is 542. The first-order chi connectivity index (χ1) is 11.1. The van der Waals surface area contributed by atoms with E-state index in [1.54, 1.807) is 11.3 Å². The van der Waals surface area contributed by atoms with Crippen LogP contribution in [0, 0.1) is 5.92 Å². The average Bonchev–Trinajstić information content (AvgIpc) is 3.32. The molecule has 2 fully saturated rings. The molecule has 1 aromatic heterocycles. The highest BCUT2D eigenvalue weighted by Gasteiger charge is 2.34. The van der Waals surface area contributed by atoms with E-state index in [-0.39, 0.29) is 11.9 Å². The predicted octanol–water partition coefficient (Wildman–Crippen LogP) is 2.51. The lowest BCUT2D eigenvalue weighted by atomic mass is 10.1. The van der Waals surface area contributed by atoms with Gasteiger partial charge in [-0.15, -0.1) is 0 Å². The highest BCUT2D eigenvalue weighted by molar-refractivity contribution is 7.07. The van der Waals surface area contributed by atoms with E-state index < -0.39 is 0 Å². The summed E-state index contributed by atoms with van der Waals surface area (Å²) >= 11 is 1.68. The summed E-state index contributed by atoms with van der Waals surface area (Å²) in [5.74, 6) is 0.880. The number of carbonyl (C=O) groups excluding carboxylic acids is 2. The normalized spacial score (nSPS) is 20.0. The van der Waals surface area contributed by atoms with E-state index in [2.05, 4.69) is 29.1 Å². The molecule has 1 N–H and O–H groups in total. The number of amides is 3. The Hall–Kier alpha value is -1.56. The van der Waals surface area contributed by atoms with Crippen molar-refractivity contribution in [2.24, 2.45) is 5.92 Å². The number of thiophene rings is 1. The Morgan fingerprint density at radius 2 is 2.00 bits per heavy atom. The van der Waals surface area contributed by atoms with Crippen LogP contribution in [0.25, 0.3) is 0 Å². The van der Waals surface area contributed by atoms with Crippen LogP contribution < -0.4 is 5.32 Å². The second-order valence-corrected chi connectivity index (χ2v) is 7.36. The lowest BCUT2D eigenvalue weighted by Crippen LogP contribution is -2.43. The van der Waals surface area contributed by atoms with Crippen molar-refractivity contribution in [1.82, 2.24) is 15.1 Å². The summed E-state index contributed by atoms with van der Waals surface area (Å²) in [5.41, 5.74) is 1.27. The van der Waals surface area contributed by atoms with E-state index >= 15 is 0 Å². The molecule has 2 heterocycles. The third kappa shape index (κ3) is 4.25. The molecule has 3 amide bonds. The predicted molar refractivity (Wildman–Crippen MR) is 91.6 cm³/mol. The molecule has 1 saturated heterocycles. The molecule has 0 spiro atoms. The smallest absolute Gasteiger partial charge is 0.317 e. The molecule has 2 aliphatic rings. The molecule has 0 bridgehead atoms. The van der Waals surface area contributed by atoms with Gasteiger partial charge in [-0.1, -0.05) is 6.92 Å². The van der Waals surface area contributed by atoms with Gasteiger partial charge in [0.2, 0.25) is 5.91 Å². The van der Waals surface area contributed by atoms with Gasteiger partial charge in [0.15, 0.2) is 0 Å². The fraction of sp³-hybridized carbons (Fsp3) is 0.647. The molecule has 1 aromatic rings. The number of rotatable bonds is 4. The van der Waals surface area contributed by atoms with Gasteiger partial charge >= 0.3 is 6.03 Å².